The van der Waals surface area contributed by atoms with E-state index in [1.165, 1.54) is 12.8 Å². The van der Waals surface area contributed by atoms with E-state index in [1.54, 1.807) is 11.8 Å². The second kappa shape index (κ2) is 6.31. The molecule has 2 rings (SSSR count). The van der Waals surface area contributed by atoms with Crippen LogP contribution in [0.3, 0.4) is 0 Å². The van der Waals surface area contributed by atoms with Gasteiger partial charge >= 0.3 is 0 Å². The van der Waals surface area contributed by atoms with Crippen LogP contribution < -0.4 is 5.73 Å². The molecule has 0 amide bonds. The van der Waals surface area contributed by atoms with Crippen molar-refractivity contribution in [1.82, 2.24) is 14.7 Å². The molecule has 2 atom stereocenters. The van der Waals surface area contributed by atoms with Crippen molar-refractivity contribution < 1.29 is 4.74 Å². The summed E-state index contributed by atoms with van der Waals surface area (Å²) in [5.41, 5.74) is 7.35. The monoisotopic (exact) mass is 252 g/mol. The number of hydrogen-bond donors (Lipinski definition) is 1. The Bertz CT molecular complexity index is 364. The fourth-order valence-corrected chi connectivity index (χ4v) is 2.70. The van der Waals surface area contributed by atoms with E-state index >= 15 is 0 Å². The van der Waals surface area contributed by atoms with Gasteiger partial charge in [0.05, 0.1) is 12.8 Å². The van der Waals surface area contributed by atoms with E-state index in [1.807, 2.05) is 19.4 Å². The van der Waals surface area contributed by atoms with E-state index < -0.39 is 0 Å². The fraction of sp³-hybridized carbons (Fsp3) is 0.769. The number of aromatic nitrogens is 2. The molecule has 0 aromatic carbocycles. The zero-order valence-corrected chi connectivity index (χ0v) is 11.4. The van der Waals surface area contributed by atoms with E-state index in [-0.39, 0.29) is 6.04 Å². The van der Waals surface area contributed by atoms with Crippen molar-refractivity contribution in [3.8, 4) is 0 Å². The predicted molar refractivity (Wildman–Crippen MR) is 71.2 cm³/mol. The van der Waals surface area contributed by atoms with Gasteiger partial charge in [-0.3, -0.25) is 4.68 Å². The zero-order valence-electron chi connectivity index (χ0n) is 11.4. The van der Waals surface area contributed by atoms with Crippen LogP contribution in [0.1, 0.15) is 24.4 Å². The first kappa shape index (κ1) is 13.5. The van der Waals surface area contributed by atoms with Crippen LogP contribution in [0.2, 0.25) is 0 Å². The maximum absolute atomic E-state index is 6.23. The molecule has 0 spiro atoms. The number of likely N-dealkylation sites (tertiary alicyclic amines) is 1. The average molecular weight is 252 g/mol. The van der Waals surface area contributed by atoms with Gasteiger partial charge in [-0.2, -0.15) is 5.10 Å². The molecule has 2 unspecified atom stereocenters. The van der Waals surface area contributed by atoms with E-state index in [0.29, 0.717) is 5.92 Å². The fourth-order valence-electron chi connectivity index (χ4n) is 2.70. The Morgan fingerprint density at radius 1 is 1.61 bits per heavy atom. The Balaban J connectivity index is 1.85. The van der Waals surface area contributed by atoms with E-state index in [9.17, 15) is 0 Å². The van der Waals surface area contributed by atoms with E-state index in [4.69, 9.17) is 10.5 Å². The highest BCUT2D eigenvalue weighted by atomic mass is 16.5. The van der Waals surface area contributed by atoms with Gasteiger partial charge in [0, 0.05) is 45.0 Å². The Labute approximate surface area is 109 Å². The number of piperidine rings is 1. The molecule has 0 saturated carbocycles. The van der Waals surface area contributed by atoms with Crippen LogP contribution in [0.15, 0.2) is 12.4 Å². The highest BCUT2D eigenvalue weighted by Crippen LogP contribution is 2.19. The molecule has 1 aliphatic rings. The lowest BCUT2D eigenvalue weighted by Gasteiger charge is -2.33. The van der Waals surface area contributed by atoms with Crippen molar-refractivity contribution in [1.29, 1.82) is 0 Å². The highest BCUT2D eigenvalue weighted by molar-refractivity contribution is 5.10. The van der Waals surface area contributed by atoms with Crippen LogP contribution in [0.4, 0.5) is 0 Å². The third-order valence-electron chi connectivity index (χ3n) is 3.61. The minimum atomic E-state index is 0.0556. The number of nitrogens with two attached hydrogens (primary N) is 1. The number of aryl methyl sites for hydroxylation is 1. The topological polar surface area (TPSA) is 56.3 Å². The van der Waals surface area contributed by atoms with Gasteiger partial charge in [-0.15, -0.1) is 0 Å². The zero-order chi connectivity index (χ0) is 13.0. The van der Waals surface area contributed by atoms with Crippen molar-refractivity contribution in [2.45, 2.75) is 18.9 Å². The second-order valence-corrected chi connectivity index (χ2v) is 5.28. The van der Waals surface area contributed by atoms with Crippen LogP contribution >= 0.6 is 0 Å². The van der Waals surface area contributed by atoms with Crippen LogP contribution in [0.25, 0.3) is 0 Å². The summed E-state index contributed by atoms with van der Waals surface area (Å²) in [5, 5.41) is 4.17. The molecule has 0 aliphatic carbocycles. The smallest absolute Gasteiger partial charge is 0.0537 e. The molecule has 102 valence electrons. The Hall–Kier alpha value is -0.910. The lowest BCUT2D eigenvalue weighted by Crippen LogP contribution is -2.40. The molecule has 0 radical (unpaired) electrons. The number of rotatable bonds is 5. The summed E-state index contributed by atoms with van der Waals surface area (Å²) in [5.74, 6) is 0.657. The summed E-state index contributed by atoms with van der Waals surface area (Å²) >= 11 is 0. The summed E-state index contributed by atoms with van der Waals surface area (Å²) in [7, 11) is 3.70. The van der Waals surface area contributed by atoms with Crippen LogP contribution in [-0.2, 0) is 11.8 Å². The summed E-state index contributed by atoms with van der Waals surface area (Å²) in [6.07, 6.45) is 6.38. The first-order valence-electron chi connectivity index (χ1n) is 6.64. The molecule has 1 saturated heterocycles. The molecule has 1 aromatic rings. The van der Waals surface area contributed by atoms with Crippen molar-refractivity contribution in [3.63, 3.8) is 0 Å². The van der Waals surface area contributed by atoms with Crippen molar-refractivity contribution >= 4 is 0 Å². The number of ether oxygens (including phenoxy) is 1. The SMILES string of the molecule is COCC1CCCN(CC(N)c2cnn(C)c2)C1. The molecule has 18 heavy (non-hydrogen) atoms. The van der Waals surface area contributed by atoms with Gasteiger partial charge in [-0.1, -0.05) is 0 Å². The Kier molecular flexibility index (Phi) is 4.74. The molecule has 2 heterocycles. The van der Waals surface area contributed by atoms with Crippen molar-refractivity contribution in [2.75, 3.05) is 33.4 Å². The molecule has 2 N–H and O–H groups in total. The Morgan fingerprint density at radius 2 is 2.44 bits per heavy atom. The molecule has 1 aliphatic heterocycles. The summed E-state index contributed by atoms with van der Waals surface area (Å²) in [4.78, 5) is 2.45. The molecular weight excluding hydrogens is 228 g/mol. The molecule has 0 bridgehead atoms. The molecule has 1 aromatic heterocycles. The van der Waals surface area contributed by atoms with Crippen molar-refractivity contribution in [3.05, 3.63) is 18.0 Å². The minimum absolute atomic E-state index is 0.0556. The van der Waals surface area contributed by atoms with Gasteiger partial charge in [0.15, 0.2) is 0 Å². The summed E-state index contributed by atoms with van der Waals surface area (Å²) in [6.45, 7) is 4.01. The first-order chi connectivity index (χ1) is 8.69. The Morgan fingerprint density at radius 3 is 3.11 bits per heavy atom. The largest absolute Gasteiger partial charge is 0.384 e. The lowest BCUT2D eigenvalue weighted by molar-refractivity contribution is 0.0878. The lowest BCUT2D eigenvalue weighted by atomic mass is 9.98. The maximum Gasteiger partial charge on any atom is 0.0537 e. The molecule has 5 heteroatoms. The summed E-state index contributed by atoms with van der Waals surface area (Å²) < 4.78 is 7.06. The number of hydrogen-bond acceptors (Lipinski definition) is 4. The quantitative estimate of drug-likeness (QED) is 0.841. The number of methoxy groups -OCH3 is 1. The molecular formula is C13H24N4O. The van der Waals surface area contributed by atoms with E-state index in [2.05, 4.69) is 10.00 Å². The van der Waals surface area contributed by atoms with Gasteiger partial charge < -0.3 is 15.4 Å². The van der Waals surface area contributed by atoms with Gasteiger partial charge in [-0.05, 0) is 25.3 Å². The normalized spacial score (nSPS) is 23.2. The van der Waals surface area contributed by atoms with Gasteiger partial charge in [0.25, 0.3) is 0 Å². The molecule has 5 nitrogen and oxygen atoms in total. The number of nitrogens with zero attached hydrogens (tertiary/aromatic N) is 3. The second-order valence-electron chi connectivity index (χ2n) is 5.28. The maximum atomic E-state index is 6.23. The van der Waals surface area contributed by atoms with Crippen LogP contribution in [0, 0.1) is 5.92 Å². The first-order valence-corrected chi connectivity index (χ1v) is 6.64. The molecule has 1 fully saturated rings. The van der Waals surface area contributed by atoms with Crippen molar-refractivity contribution in [2.24, 2.45) is 18.7 Å². The van der Waals surface area contributed by atoms with Gasteiger partial charge in [-0.25, -0.2) is 0 Å². The standard InChI is InChI=1S/C13H24N4O/c1-16-8-12(6-15-16)13(14)9-17-5-3-4-11(7-17)10-18-2/h6,8,11,13H,3-5,7,9-10,14H2,1-2H3. The van der Waals surface area contributed by atoms with E-state index in [0.717, 1.165) is 31.8 Å². The van der Waals surface area contributed by atoms with Gasteiger partial charge in [0.1, 0.15) is 0 Å². The third kappa shape index (κ3) is 3.54. The highest BCUT2D eigenvalue weighted by Gasteiger charge is 2.22. The van der Waals surface area contributed by atoms with Crippen LogP contribution in [-0.4, -0.2) is 48.0 Å². The summed E-state index contributed by atoms with van der Waals surface area (Å²) in [6, 6.07) is 0.0556. The van der Waals surface area contributed by atoms with Crippen LogP contribution in [0.5, 0.6) is 0 Å². The average Bonchev–Trinajstić information content (AvgIpc) is 2.77. The predicted octanol–water partition coefficient (Wildman–Crippen LogP) is 0.778. The van der Waals surface area contributed by atoms with Gasteiger partial charge in [0.2, 0.25) is 0 Å². The third-order valence-corrected chi connectivity index (χ3v) is 3.61. The minimum Gasteiger partial charge on any atom is -0.384 e.